The SMILES string of the molecule is CCOS(=O)(=O)N1C(=O)[C@@H](NC(=O)/C(=N\OC(C)(C)C(=O)OC(C)(C)C)c2csc(N)n2)[C@@H]1C. The van der Waals surface area contributed by atoms with Crippen LogP contribution in [0.25, 0.3) is 0 Å². The van der Waals surface area contributed by atoms with Crippen molar-refractivity contribution in [1.29, 1.82) is 0 Å². The predicted molar refractivity (Wildman–Crippen MR) is 123 cm³/mol. The quantitative estimate of drug-likeness (QED) is 0.203. The molecule has 1 aliphatic heterocycles. The minimum atomic E-state index is -4.26. The Kier molecular flexibility index (Phi) is 7.94. The average Bonchev–Trinajstić information content (AvgIpc) is 3.10. The first-order valence-electron chi connectivity index (χ1n) is 10.2. The number of β-lactam (4-membered cyclic amide) rings is 1. The Morgan fingerprint density at radius 3 is 2.38 bits per heavy atom. The van der Waals surface area contributed by atoms with Gasteiger partial charge in [-0.05, 0) is 48.5 Å². The lowest BCUT2D eigenvalue weighted by molar-refractivity contribution is -0.179. The fourth-order valence-electron chi connectivity index (χ4n) is 2.71. The zero-order valence-corrected chi connectivity index (χ0v) is 21.6. The lowest BCUT2D eigenvalue weighted by Gasteiger charge is -2.43. The molecular weight excluding hydrogens is 490 g/mol. The highest BCUT2D eigenvalue weighted by atomic mass is 32.2. The molecule has 2 amide bonds. The summed E-state index contributed by atoms with van der Waals surface area (Å²) in [6.07, 6.45) is 0. The van der Waals surface area contributed by atoms with E-state index >= 15 is 0 Å². The van der Waals surface area contributed by atoms with Crippen molar-refractivity contribution >= 4 is 50.3 Å². The number of nitrogen functional groups attached to an aromatic ring is 1. The fraction of sp³-hybridized carbons (Fsp3) is 0.632. The Hall–Kier alpha value is -2.78. The van der Waals surface area contributed by atoms with Crippen LogP contribution >= 0.6 is 11.3 Å². The second-order valence-electron chi connectivity index (χ2n) is 8.80. The van der Waals surface area contributed by atoms with Crippen LogP contribution in [0.4, 0.5) is 5.13 Å². The maximum Gasteiger partial charge on any atom is 0.365 e. The number of anilines is 1. The number of ether oxygens (including phenoxy) is 1. The molecule has 34 heavy (non-hydrogen) atoms. The molecule has 0 bridgehead atoms. The number of oxime groups is 1. The van der Waals surface area contributed by atoms with Gasteiger partial charge in [0.2, 0.25) is 5.60 Å². The van der Waals surface area contributed by atoms with Crippen LogP contribution in [-0.2, 0) is 38.4 Å². The monoisotopic (exact) mass is 519 g/mol. The molecule has 0 aromatic carbocycles. The predicted octanol–water partition coefficient (Wildman–Crippen LogP) is 0.563. The third kappa shape index (κ3) is 6.21. The van der Waals surface area contributed by atoms with Gasteiger partial charge in [-0.15, -0.1) is 11.3 Å². The maximum atomic E-state index is 13.0. The molecule has 1 aromatic rings. The molecule has 1 saturated heterocycles. The van der Waals surface area contributed by atoms with Gasteiger partial charge in [-0.25, -0.2) is 14.1 Å². The highest BCUT2D eigenvalue weighted by Gasteiger charge is 2.52. The van der Waals surface area contributed by atoms with Gasteiger partial charge in [0, 0.05) is 5.38 Å². The van der Waals surface area contributed by atoms with Crippen LogP contribution in [0.15, 0.2) is 10.5 Å². The number of aromatic nitrogens is 1. The number of rotatable bonds is 9. The van der Waals surface area contributed by atoms with Gasteiger partial charge in [-0.2, -0.15) is 8.42 Å². The zero-order chi connectivity index (χ0) is 26.1. The highest BCUT2D eigenvalue weighted by Crippen LogP contribution is 2.25. The molecule has 2 rings (SSSR count). The van der Waals surface area contributed by atoms with E-state index in [0.29, 0.717) is 4.31 Å². The van der Waals surface area contributed by atoms with Crippen LogP contribution in [-0.4, -0.2) is 71.1 Å². The maximum absolute atomic E-state index is 13.0. The molecular formula is C19H29N5O8S2. The number of esters is 1. The Bertz CT molecular complexity index is 1090. The van der Waals surface area contributed by atoms with E-state index in [9.17, 15) is 22.8 Å². The lowest BCUT2D eigenvalue weighted by atomic mass is 10.0. The molecule has 2 atom stereocenters. The van der Waals surface area contributed by atoms with Crippen molar-refractivity contribution in [2.45, 2.75) is 71.8 Å². The molecule has 0 radical (unpaired) electrons. The summed E-state index contributed by atoms with van der Waals surface area (Å²) in [5.74, 6) is -2.48. The number of hydrogen-bond acceptors (Lipinski definition) is 12. The van der Waals surface area contributed by atoms with Crippen molar-refractivity contribution in [3.8, 4) is 0 Å². The smallest absolute Gasteiger partial charge is 0.365 e. The van der Waals surface area contributed by atoms with E-state index in [-0.39, 0.29) is 23.1 Å². The number of amides is 2. The van der Waals surface area contributed by atoms with Crippen LogP contribution in [0.2, 0.25) is 0 Å². The first-order valence-corrected chi connectivity index (χ1v) is 12.5. The number of carbonyl (C=O) groups excluding carboxylic acids is 3. The first kappa shape index (κ1) is 27.5. The fourth-order valence-corrected chi connectivity index (χ4v) is 4.53. The van der Waals surface area contributed by atoms with Crippen LogP contribution in [0, 0.1) is 0 Å². The lowest BCUT2D eigenvalue weighted by Crippen LogP contribution is -2.71. The second-order valence-corrected chi connectivity index (χ2v) is 11.2. The third-order valence-corrected chi connectivity index (χ3v) is 6.57. The highest BCUT2D eigenvalue weighted by molar-refractivity contribution is 7.85. The minimum Gasteiger partial charge on any atom is -0.457 e. The molecule has 15 heteroatoms. The average molecular weight is 520 g/mol. The normalized spacial score (nSPS) is 19.4. The van der Waals surface area contributed by atoms with Crippen molar-refractivity contribution in [2.24, 2.45) is 5.16 Å². The molecule has 1 aliphatic rings. The van der Waals surface area contributed by atoms with Gasteiger partial charge in [-0.1, -0.05) is 5.16 Å². The number of nitrogens with one attached hydrogen (secondary N) is 1. The van der Waals surface area contributed by atoms with Gasteiger partial charge in [-0.3, -0.25) is 13.8 Å². The van der Waals surface area contributed by atoms with E-state index in [1.54, 1.807) is 20.8 Å². The zero-order valence-electron chi connectivity index (χ0n) is 19.9. The Balaban J connectivity index is 2.25. The van der Waals surface area contributed by atoms with Crippen LogP contribution in [0.5, 0.6) is 0 Å². The second kappa shape index (κ2) is 9.84. The number of carbonyl (C=O) groups is 3. The summed E-state index contributed by atoms with van der Waals surface area (Å²) in [4.78, 5) is 47.2. The molecule has 0 spiro atoms. The summed E-state index contributed by atoms with van der Waals surface area (Å²) in [7, 11) is -4.26. The molecule has 0 saturated carbocycles. The summed E-state index contributed by atoms with van der Waals surface area (Å²) in [6, 6.07) is -2.07. The topological polar surface area (TPSA) is 180 Å². The van der Waals surface area contributed by atoms with Crippen molar-refractivity contribution in [3.63, 3.8) is 0 Å². The summed E-state index contributed by atoms with van der Waals surface area (Å²) >= 11 is 1.03. The van der Waals surface area contributed by atoms with Gasteiger partial charge in [0.15, 0.2) is 10.8 Å². The molecule has 0 unspecified atom stereocenters. The van der Waals surface area contributed by atoms with Crippen LogP contribution in [0.1, 0.15) is 54.2 Å². The van der Waals surface area contributed by atoms with Crippen molar-refractivity contribution in [3.05, 3.63) is 11.1 Å². The standard InChI is InChI=1S/C19H29N5O8S2/c1-8-30-34(28,29)24-10(2)12(15(24)26)22-14(25)13(11-9-33-17(20)21-11)23-32-19(6,7)16(27)31-18(3,4)5/h9-10,12H,8H2,1-7H3,(H2,20,21)(H,22,25)/b23-13-/t10-,12-/m0/s1. The van der Waals surface area contributed by atoms with Crippen molar-refractivity contribution in [2.75, 3.05) is 12.3 Å². The van der Waals surface area contributed by atoms with Gasteiger partial charge in [0.05, 0.1) is 12.6 Å². The molecule has 0 aliphatic carbocycles. The van der Waals surface area contributed by atoms with E-state index in [4.69, 9.17) is 15.3 Å². The number of thiazole rings is 1. The number of hydrogen-bond donors (Lipinski definition) is 2. The molecule has 13 nitrogen and oxygen atoms in total. The van der Waals surface area contributed by atoms with Crippen molar-refractivity contribution < 1.29 is 36.6 Å². The largest absolute Gasteiger partial charge is 0.457 e. The van der Waals surface area contributed by atoms with Crippen LogP contribution < -0.4 is 11.1 Å². The van der Waals surface area contributed by atoms with E-state index in [1.807, 2.05) is 0 Å². The van der Waals surface area contributed by atoms with Crippen molar-refractivity contribution in [1.82, 2.24) is 14.6 Å². The van der Waals surface area contributed by atoms with E-state index in [0.717, 1.165) is 11.3 Å². The minimum absolute atomic E-state index is 0.0400. The molecule has 2 heterocycles. The summed E-state index contributed by atoms with van der Waals surface area (Å²) in [5, 5.41) is 7.81. The first-order chi connectivity index (χ1) is 15.5. The number of nitrogens with zero attached hydrogens (tertiary/aromatic N) is 3. The summed E-state index contributed by atoms with van der Waals surface area (Å²) in [5.41, 5.74) is 2.99. The molecule has 190 valence electrons. The molecule has 1 aromatic heterocycles. The molecule has 3 N–H and O–H groups in total. The van der Waals surface area contributed by atoms with Gasteiger partial charge >= 0.3 is 16.3 Å². The summed E-state index contributed by atoms with van der Waals surface area (Å²) < 4.78 is 34.6. The van der Waals surface area contributed by atoms with E-state index < -0.39 is 51.4 Å². The summed E-state index contributed by atoms with van der Waals surface area (Å²) in [6.45, 7) is 10.6. The Morgan fingerprint density at radius 2 is 1.91 bits per heavy atom. The van der Waals surface area contributed by atoms with Gasteiger partial charge < -0.3 is 20.6 Å². The van der Waals surface area contributed by atoms with E-state index in [2.05, 4.69) is 19.6 Å². The Labute approximate surface area is 201 Å². The van der Waals surface area contributed by atoms with Crippen LogP contribution in [0.3, 0.4) is 0 Å². The van der Waals surface area contributed by atoms with Gasteiger partial charge in [0.25, 0.3) is 11.8 Å². The number of nitrogens with two attached hydrogens (primary N) is 1. The van der Waals surface area contributed by atoms with E-state index in [1.165, 1.54) is 33.1 Å². The third-order valence-electron chi connectivity index (χ3n) is 4.37. The molecule has 1 fully saturated rings. The Morgan fingerprint density at radius 1 is 1.29 bits per heavy atom. The van der Waals surface area contributed by atoms with Gasteiger partial charge in [0.1, 0.15) is 17.3 Å².